The van der Waals surface area contributed by atoms with Gasteiger partial charge in [0.05, 0.1) is 35.1 Å². The Morgan fingerprint density at radius 1 is 0.605 bits per heavy atom. The van der Waals surface area contributed by atoms with Crippen molar-refractivity contribution in [2.75, 3.05) is 14.2 Å². The highest BCUT2D eigenvalue weighted by molar-refractivity contribution is 5.45. The second-order valence-electron chi connectivity index (χ2n) is 8.70. The lowest BCUT2D eigenvalue weighted by atomic mass is 10.2. The molecular weight excluding hydrogens is 492 g/mol. The summed E-state index contributed by atoms with van der Waals surface area (Å²) in [6.07, 6.45) is 0. The van der Waals surface area contributed by atoms with Gasteiger partial charge < -0.3 is 19.7 Å². The number of hydrogen-bond donors (Lipinski definition) is 2. The van der Waals surface area contributed by atoms with Gasteiger partial charge in [-0.15, -0.1) is 0 Å². The molecule has 1 aliphatic carbocycles. The zero-order valence-electron chi connectivity index (χ0n) is 20.9. The summed E-state index contributed by atoms with van der Waals surface area (Å²) >= 11 is 0. The molecule has 0 aromatic heterocycles. The number of nitrogens with zero attached hydrogens (tertiary/aromatic N) is 2. The molecule has 2 N–H and O–H groups in total. The van der Waals surface area contributed by atoms with E-state index in [9.17, 15) is 29.4 Å². The molecule has 38 heavy (non-hydrogen) atoms. The van der Waals surface area contributed by atoms with Crippen molar-refractivity contribution in [2.45, 2.75) is 13.8 Å². The van der Waals surface area contributed by atoms with Crippen LogP contribution in [0.5, 0.6) is 11.5 Å². The number of hydrogen-bond acceptors (Lipinski definition) is 8. The lowest BCUT2D eigenvalue weighted by Crippen LogP contribution is -2.33. The van der Waals surface area contributed by atoms with Crippen LogP contribution in [0.15, 0.2) is 67.7 Å². The molecule has 5 rings (SSSR count). The van der Waals surface area contributed by atoms with Crippen LogP contribution in [0.3, 0.4) is 0 Å². The van der Waals surface area contributed by atoms with Crippen molar-refractivity contribution in [1.82, 2.24) is 9.13 Å². The third-order valence-corrected chi connectivity index (χ3v) is 6.52. The minimum absolute atomic E-state index is 0.243. The van der Waals surface area contributed by atoms with Crippen LogP contribution >= 0.6 is 0 Å². The van der Waals surface area contributed by atoms with Crippen LogP contribution in [-0.2, 0) is 0 Å². The highest BCUT2D eigenvalue weighted by atomic mass is 16.5. The van der Waals surface area contributed by atoms with Gasteiger partial charge in [0.15, 0.2) is 0 Å². The van der Waals surface area contributed by atoms with Gasteiger partial charge in [0.25, 0.3) is 11.1 Å². The molecule has 0 atom stereocenters. The number of aliphatic hydroxyl groups excluding tert-OH is 2. The SMILES string of the molecule is COc1ccc(-n2c3c(=O)c4/c(=C(/C)O)c(=O)n(-c5ccc(OC)cc5)c=4c(=O)c=3/c(=C(/C)O)c2=O)cc1. The molecule has 2 aromatic rings. The van der Waals surface area contributed by atoms with Crippen LogP contribution in [0.2, 0.25) is 0 Å². The Kier molecular flexibility index (Phi) is 5.67. The summed E-state index contributed by atoms with van der Waals surface area (Å²) in [5, 5.41) is 18.9. The molecule has 0 amide bonds. The highest BCUT2D eigenvalue weighted by Crippen LogP contribution is 2.15. The molecule has 0 unspecified atom stereocenters. The highest BCUT2D eigenvalue weighted by Gasteiger charge is 2.23. The molecule has 2 aromatic carbocycles. The van der Waals surface area contributed by atoms with Crippen molar-refractivity contribution in [3.63, 3.8) is 0 Å². The Labute approximate surface area is 212 Å². The molecule has 0 saturated carbocycles. The molecule has 0 radical (unpaired) electrons. The summed E-state index contributed by atoms with van der Waals surface area (Å²) in [4.78, 5) is 55.2. The van der Waals surface area contributed by atoms with E-state index in [-0.39, 0.29) is 42.9 Å². The van der Waals surface area contributed by atoms with E-state index in [0.717, 1.165) is 9.13 Å². The fourth-order valence-corrected chi connectivity index (χ4v) is 4.84. The van der Waals surface area contributed by atoms with E-state index >= 15 is 0 Å². The number of methoxy groups -OCH3 is 2. The quantitative estimate of drug-likeness (QED) is 0.352. The Balaban J connectivity index is 2.13. The average molecular weight is 514 g/mol. The first-order valence-electron chi connectivity index (χ1n) is 11.5. The molecule has 2 heterocycles. The Hall–Kier alpha value is -5.12. The monoisotopic (exact) mass is 514 g/mol. The van der Waals surface area contributed by atoms with E-state index in [1.165, 1.54) is 52.3 Å². The second kappa shape index (κ2) is 8.77. The predicted molar refractivity (Wildman–Crippen MR) is 139 cm³/mol. The number of benzene rings is 2. The lowest BCUT2D eigenvalue weighted by Gasteiger charge is -2.05. The fraction of sp³-hybridized carbons (Fsp3) is 0.143. The molecule has 3 aliphatic rings. The van der Waals surface area contributed by atoms with Gasteiger partial charge in [-0.2, -0.15) is 0 Å². The van der Waals surface area contributed by atoms with Gasteiger partial charge in [0.2, 0.25) is 10.9 Å². The Bertz CT molecular complexity index is 2030. The summed E-state index contributed by atoms with van der Waals surface area (Å²) in [5.41, 5.74) is -2.71. The van der Waals surface area contributed by atoms with Gasteiger partial charge in [0, 0.05) is 11.4 Å². The van der Waals surface area contributed by atoms with Gasteiger partial charge >= 0.3 is 0 Å². The van der Waals surface area contributed by atoms with Crippen LogP contribution in [0, 0.1) is 21.1 Å². The minimum Gasteiger partial charge on any atom is -0.512 e. The van der Waals surface area contributed by atoms with E-state index in [2.05, 4.69) is 0 Å². The average Bonchev–Trinajstić information content (AvgIpc) is 3.39. The van der Waals surface area contributed by atoms with Crippen LogP contribution in [0.1, 0.15) is 13.8 Å². The summed E-state index contributed by atoms with van der Waals surface area (Å²) in [5.74, 6) is 0.0751. The summed E-state index contributed by atoms with van der Waals surface area (Å²) in [6, 6.07) is 12.4. The number of aromatic nitrogens is 2. The number of ether oxygens (including phenoxy) is 2. The first kappa shape index (κ1) is 24.6. The number of rotatable bonds is 4. The lowest BCUT2D eigenvalue weighted by molar-refractivity contribution is 0.414. The maximum Gasteiger partial charge on any atom is 0.267 e. The molecule has 2 aliphatic heterocycles. The molecule has 192 valence electrons. The fourth-order valence-electron chi connectivity index (χ4n) is 4.84. The minimum atomic E-state index is -0.817. The largest absolute Gasteiger partial charge is 0.512 e. The van der Waals surface area contributed by atoms with Crippen molar-refractivity contribution in [3.8, 4) is 22.9 Å². The first-order valence-corrected chi connectivity index (χ1v) is 11.5. The molecule has 0 fully saturated rings. The summed E-state index contributed by atoms with van der Waals surface area (Å²) in [7, 11) is 2.95. The normalized spacial score (nSPS) is 13.2. The molecule has 0 bridgehead atoms. The second-order valence-corrected chi connectivity index (χ2v) is 8.70. The van der Waals surface area contributed by atoms with E-state index in [1.807, 2.05) is 0 Å². The van der Waals surface area contributed by atoms with Gasteiger partial charge in [-0.25, -0.2) is 0 Å². The zero-order valence-corrected chi connectivity index (χ0v) is 20.9. The third-order valence-electron chi connectivity index (χ3n) is 6.52. The molecule has 10 heteroatoms. The van der Waals surface area contributed by atoms with E-state index < -0.39 is 33.5 Å². The van der Waals surface area contributed by atoms with Crippen molar-refractivity contribution in [2.24, 2.45) is 0 Å². The van der Waals surface area contributed by atoms with Crippen molar-refractivity contribution in [3.05, 3.63) is 121 Å². The maximum absolute atomic E-state index is 14.1. The van der Waals surface area contributed by atoms with Crippen molar-refractivity contribution >= 4 is 11.5 Å². The van der Waals surface area contributed by atoms with Crippen LogP contribution < -0.4 is 41.9 Å². The van der Waals surface area contributed by atoms with E-state index in [4.69, 9.17) is 9.47 Å². The smallest absolute Gasteiger partial charge is 0.267 e. The summed E-state index contributed by atoms with van der Waals surface area (Å²) < 4.78 is 12.4. The summed E-state index contributed by atoms with van der Waals surface area (Å²) in [6.45, 7) is 2.47. The van der Waals surface area contributed by atoms with E-state index in [0.29, 0.717) is 11.5 Å². The standard InChI is InChI=1S/C28H22N2O8/c1-13(31)19-21-23(29(27(19)35)15-5-9-17(37-3)10-6-15)26(34)22-20(14(2)32)28(36)30(24(22)25(21)33)16-7-11-18(38-4)12-8-16/h5-12,31-32H,1-4H3/b19-13+,20-14+. The van der Waals surface area contributed by atoms with Crippen molar-refractivity contribution in [1.29, 1.82) is 0 Å². The van der Waals surface area contributed by atoms with E-state index in [1.54, 1.807) is 24.3 Å². The predicted octanol–water partition coefficient (Wildman–Crippen LogP) is 0.423. The van der Waals surface area contributed by atoms with Gasteiger partial charge in [-0.3, -0.25) is 28.3 Å². The topological polar surface area (TPSA) is 137 Å². The Morgan fingerprint density at radius 3 is 1.18 bits per heavy atom. The third kappa shape index (κ3) is 3.34. The van der Waals surface area contributed by atoms with Gasteiger partial charge in [-0.05, 0) is 62.4 Å². The van der Waals surface area contributed by atoms with Crippen LogP contribution in [0.25, 0.3) is 22.9 Å². The van der Waals surface area contributed by atoms with Crippen LogP contribution in [0.4, 0.5) is 0 Å². The molecule has 0 spiro atoms. The van der Waals surface area contributed by atoms with Gasteiger partial charge in [-0.1, -0.05) is 0 Å². The Morgan fingerprint density at radius 2 is 0.921 bits per heavy atom. The number of aliphatic hydroxyl groups is 2. The van der Waals surface area contributed by atoms with Crippen molar-refractivity contribution < 1.29 is 19.7 Å². The van der Waals surface area contributed by atoms with Crippen LogP contribution in [-0.4, -0.2) is 33.6 Å². The first-order chi connectivity index (χ1) is 18.1. The van der Waals surface area contributed by atoms with Gasteiger partial charge in [0.1, 0.15) is 33.7 Å². The zero-order chi connectivity index (χ0) is 27.5. The molecule has 10 nitrogen and oxygen atoms in total. The molecular formula is C28H22N2O8. The molecule has 0 saturated heterocycles. The maximum atomic E-state index is 14.1.